The van der Waals surface area contributed by atoms with Crippen molar-refractivity contribution in [1.29, 1.82) is 0 Å². The summed E-state index contributed by atoms with van der Waals surface area (Å²) < 4.78 is 5.96. The van der Waals surface area contributed by atoms with E-state index < -0.39 is 0 Å². The van der Waals surface area contributed by atoms with E-state index in [1.54, 1.807) is 0 Å². The molecule has 0 saturated heterocycles. The van der Waals surface area contributed by atoms with Crippen LogP contribution < -0.4 is 10.5 Å². The first-order chi connectivity index (χ1) is 8.17. The summed E-state index contributed by atoms with van der Waals surface area (Å²) in [5.41, 5.74) is 8.82. The molecule has 92 valence electrons. The summed E-state index contributed by atoms with van der Waals surface area (Å²) in [4.78, 5) is 0. The van der Waals surface area contributed by atoms with Crippen LogP contribution in [0.4, 0.5) is 0 Å². The van der Waals surface area contributed by atoms with Crippen molar-refractivity contribution in [3.8, 4) is 5.75 Å². The minimum atomic E-state index is -0.120. The van der Waals surface area contributed by atoms with Gasteiger partial charge in [-0.05, 0) is 51.0 Å². The van der Waals surface area contributed by atoms with E-state index in [9.17, 15) is 0 Å². The lowest BCUT2D eigenvalue weighted by molar-refractivity contribution is 0.231. The number of benzene rings is 1. The maximum absolute atomic E-state index is 6.44. The molecule has 3 rings (SSSR count). The average Bonchev–Trinajstić information content (AvgIpc) is 3.08. The first-order valence-corrected chi connectivity index (χ1v) is 6.70. The molecule has 1 aromatic carbocycles. The molecule has 2 nitrogen and oxygen atoms in total. The molecular weight excluding hydrogens is 210 g/mol. The van der Waals surface area contributed by atoms with Gasteiger partial charge in [-0.3, -0.25) is 0 Å². The van der Waals surface area contributed by atoms with E-state index in [0.717, 1.165) is 31.1 Å². The van der Waals surface area contributed by atoms with Gasteiger partial charge in [0.1, 0.15) is 5.75 Å². The van der Waals surface area contributed by atoms with Crippen LogP contribution in [0.3, 0.4) is 0 Å². The van der Waals surface area contributed by atoms with Crippen LogP contribution in [0, 0.1) is 12.8 Å². The van der Waals surface area contributed by atoms with Crippen molar-refractivity contribution in [2.75, 3.05) is 6.61 Å². The average molecular weight is 231 g/mol. The number of aryl methyl sites for hydroxylation is 1. The maximum atomic E-state index is 6.44. The summed E-state index contributed by atoms with van der Waals surface area (Å²) >= 11 is 0. The zero-order valence-corrected chi connectivity index (χ0v) is 10.5. The predicted octanol–water partition coefficient (Wildman–Crippen LogP) is 3.12. The molecule has 2 N–H and O–H groups in total. The number of rotatable bonds is 4. The van der Waals surface area contributed by atoms with E-state index in [2.05, 4.69) is 25.1 Å². The summed E-state index contributed by atoms with van der Waals surface area (Å²) in [6, 6.07) is 6.43. The molecule has 2 aliphatic carbocycles. The molecule has 2 fully saturated rings. The SMILES string of the molecule is Cc1ccc(OCC2CC2)c(C2(N)CCC2)c1. The third kappa shape index (κ3) is 2.19. The van der Waals surface area contributed by atoms with Gasteiger partial charge in [0.25, 0.3) is 0 Å². The van der Waals surface area contributed by atoms with Crippen LogP contribution in [0.2, 0.25) is 0 Å². The smallest absolute Gasteiger partial charge is 0.124 e. The third-order valence-electron chi connectivity index (χ3n) is 4.09. The molecule has 0 bridgehead atoms. The lowest BCUT2D eigenvalue weighted by Gasteiger charge is -2.39. The van der Waals surface area contributed by atoms with Gasteiger partial charge in [0, 0.05) is 11.1 Å². The van der Waals surface area contributed by atoms with E-state index in [1.807, 2.05) is 0 Å². The highest BCUT2D eigenvalue weighted by atomic mass is 16.5. The van der Waals surface area contributed by atoms with Crippen molar-refractivity contribution in [2.24, 2.45) is 11.7 Å². The largest absolute Gasteiger partial charge is 0.493 e. The Morgan fingerprint density at radius 3 is 2.71 bits per heavy atom. The Hall–Kier alpha value is -1.02. The Bertz CT molecular complexity index is 419. The Labute approximate surface area is 103 Å². The molecule has 2 saturated carbocycles. The van der Waals surface area contributed by atoms with Gasteiger partial charge in [0.2, 0.25) is 0 Å². The number of ether oxygens (including phenoxy) is 1. The first-order valence-electron chi connectivity index (χ1n) is 6.70. The first kappa shape index (κ1) is 11.1. The normalized spacial score (nSPS) is 22.0. The Balaban J connectivity index is 1.84. The molecule has 0 spiro atoms. The fourth-order valence-electron chi connectivity index (χ4n) is 2.48. The van der Waals surface area contributed by atoms with Crippen molar-refractivity contribution in [1.82, 2.24) is 0 Å². The van der Waals surface area contributed by atoms with Crippen LogP contribution in [0.5, 0.6) is 5.75 Å². The quantitative estimate of drug-likeness (QED) is 0.864. The Morgan fingerprint density at radius 2 is 2.12 bits per heavy atom. The molecule has 0 radical (unpaired) electrons. The minimum absolute atomic E-state index is 0.120. The van der Waals surface area contributed by atoms with Crippen molar-refractivity contribution in [3.05, 3.63) is 29.3 Å². The van der Waals surface area contributed by atoms with E-state index in [4.69, 9.17) is 10.5 Å². The third-order valence-corrected chi connectivity index (χ3v) is 4.09. The van der Waals surface area contributed by atoms with Crippen LogP contribution in [0.15, 0.2) is 18.2 Å². The highest BCUT2D eigenvalue weighted by Gasteiger charge is 2.37. The van der Waals surface area contributed by atoms with Crippen LogP contribution in [0.1, 0.15) is 43.2 Å². The predicted molar refractivity (Wildman–Crippen MR) is 69.1 cm³/mol. The van der Waals surface area contributed by atoms with E-state index in [-0.39, 0.29) is 5.54 Å². The molecule has 2 heteroatoms. The molecule has 0 atom stereocenters. The van der Waals surface area contributed by atoms with Crippen molar-refractivity contribution in [2.45, 2.75) is 44.6 Å². The molecule has 17 heavy (non-hydrogen) atoms. The molecule has 0 amide bonds. The number of nitrogens with two attached hydrogens (primary N) is 1. The van der Waals surface area contributed by atoms with E-state index >= 15 is 0 Å². The van der Waals surface area contributed by atoms with Gasteiger partial charge in [-0.1, -0.05) is 17.7 Å². The van der Waals surface area contributed by atoms with Crippen LogP contribution in [-0.4, -0.2) is 6.61 Å². The van der Waals surface area contributed by atoms with Gasteiger partial charge in [-0.15, -0.1) is 0 Å². The topological polar surface area (TPSA) is 35.2 Å². The van der Waals surface area contributed by atoms with Crippen LogP contribution in [-0.2, 0) is 5.54 Å². The molecule has 0 unspecified atom stereocenters. The lowest BCUT2D eigenvalue weighted by Crippen LogP contribution is -2.43. The standard InChI is InChI=1S/C15H21NO/c1-11-3-6-14(17-10-12-4-5-12)13(9-11)15(16)7-2-8-15/h3,6,9,12H,2,4-5,7-8,10,16H2,1H3. The van der Waals surface area contributed by atoms with Gasteiger partial charge in [0.15, 0.2) is 0 Å². The second-order valence-electron chi connectivity index (χ2n) is 5.76. The van der Waals surface area contributed by atoms with Crippen LogP contribution >= 0.6 is 0 Å². The highest BCUT2D eigenvalue weighted by Crippen LogP contribution is 2.43. The van der Waals surface area contributed by atoms with E-state index in [1.165, 1.54) is 30.4 Å². The van der Waals surface area contributed by atoms with E-state index in [0.29, 0.717) is 0 Å². The minimum Gasteiger partial charge on any atom is -0.493 e. The van der Waals surface area contributed by atoms with Crippen LogP contribution in [0.25, 0.3) is 0 Å². The Morgan fingerprint density at radius 1 is 1.35 bits per heavy atom. The second-order valence-corrected chi connectivity index (χ2v) is 5.76. The molecule has 2 aliphatic rings. The molecular formula is C15H21NO. The zero-order valence-electron chi connectivity index (χ0n) is 10.5. The summed E-state index contributed by atoms with van der Waals surface area (Å²) in [5, 5.41) is 0. The fourth-order valence-corrected chi connectivity index (χ4v) is 2.48. The molecule has 0 aromatic heterocycles. The fraction of sp³-hybridized carbons (Fsp3) is 0.600. The van der Waals surface area contributed by atoms with Crippen molar-refractivity contribution < 1.29 is 4.74 Å². The molecule has 1 aromatic rings. The summed E-state index contributed by atoms with van der Waals surface area (Å²) in [5.74, 6) is 1.81. The van der Waals surface area contributed by atoms with Gasteiger partial charge in [0.05, 0.1) is 6.61 Å². The second kappa shape index (κ2) is 4.02. The van der Waals surface area contributed by atoms with Gasteiger partial charge in [-0.25, -0.2) is 0 Å². The van der Waals surface area contributed by atoms with Crippen molar-refractivity contribution in [3.63, 3.8) is 0 Å². The monoisotopic (exact) mass is 231 g/mol. The van der Waals surface area contributed by atoms with Gasteiger partial charge in [-0.2, -0.15) is 0 Å². The summed E-state index contributed by atoms with van der Waals surface area (Å²) in [6.45, 7) is 2.99. The molecule has 0 aliphatic heterocycles. The Kier molecular flexibility index (Phi) is 2.62. The van der Waals surface area contributed by atoms with Gasteiger partial charge < -0.3 is 10.5 Å². The molecule has 0 heterocycles. The lowest BCUT2D eigenvalue weighted by atomic mass is 9.72. The number of hydrogen-bond acceptors (Lipinski definition) is 2. The van der Waals surface area contributed by atoms with Crippen molar-refractivity contribution >= 4 is 0 Å². The zero-order chi connectivity index (χ0) is 11.9. The summed E-state index contributed by atoms with van der Waals surface area (Å²) in [7, 11) is 0. The summed E-state index contributed by atoms with van der Waals surface area (Å²) in [6.07, 6.45) is 6.09. The number of hydrogen-bond donors (Lipinski definition) is 1. The highest BCUT2D eigenvalue weighted by molar-refractivity contribution is 5.43. The maximum Gasteiger partial charge on any atom is 0.124 e. The van der Waals surface area contributed by atoms with Gasteiger partial charge >= 0.3 is 0 Å².